The lowest BCUT2D eigenvalue weighted by molar-refractivity contribution is 0.318. The van der Waals surface area contributed by atoms with Crippen molar-refractivity contribution in [3.05, 3.63) is 52.1 Å². The Bertz CT molecular complexity index is 619. The number of aromatic nitrogens is 2. The van der Waals surface area contributed by atoms with Gasteiger partial charge in [-0.1, -0.05) is 28.9 Å². The van der Waals surface area contributed by atoms with Gasteiger partial charge in [-0.15, -0.1) is 0 Å². The van der Waals surface area contributed by atoms with E-state index in [1.807, 2.05) is 0 Å². The molecule has 0 aliphatic heterocycles. The van der Waals surface area contributed by atoms with Gasteiger partial charge in [-0.3, -0.25) is 4.68 Å². The Balaban J connectivity index is 2.36. The molecule has 0 atom stereocenters. The molecule has 0 aliphatic rings. The molecule has 0 fully saturated rings. The highest BCUT2D eigenvalue weighted by Gasteiger charge is 2.12. The van der Waals surface area contributed by atoms with Crippen LogP contribution in [0.5, 0.6) is 0 Å². The van der Waals surface area contributed by atoms with Gasteiger partial charge in [-0.2, -0.15) is 5.10 Å². The molecule has 19 heavy (non-hydrogen) atoms. The fourth-order valence-electron chi connectivity index (χ4n) is 1.70. The molecule has 1 heterocycles. The number of hydrogen-bond donors (Lipinski definition) is 2. The van der Waals surface area contributed by atoms with Crippen molar-refractivity contribution in [3.8, 4) is 0 Å². The van der Waals surface area contributed by atoms with Crippen LogP contribution in [0.25, 0.3) is 0 Å². The molecule has 1 aromatic heterocycles. The third kappa shape index (κ3) is 2.68. The van der Waals surface area contributed by atoms with Crippen molar-refractivity contribution >= 4 is 17.4 Å². The zero-order valence-corrected chi connectivity index (χ0v) is 10.9. The molecule has 7 heteroatoms. The average molecular weight is 283 g/mol. The van der Waals surface area contributed by atoms with Crippen LogP contribution in [0.4, 0.5) is 4.39 Å². The van der Waals surface area contributed by atoms with E-state index >= 15 is 0 Å². The summed E-state index contributed by atoms with van der Waals surface area (Å²) < 4.78 is 15.7. The van der Waals surface area contributed by atoms with Crippen LogP contribution in [0, 0.1) is 12.7 Å². The van der Waals surface area contributed by atoms with Crippen molar-refractivity contribution < 1.29 is 9.60 Å². The van der Waals surface area contributed by atoms with Gasteiger partial charge in [0.25, 0.3) is 0 Å². The molecule has 0 radical (unpaired) electrons. The molecule has 0 aliphatic carbocycles. The summed E-state index contributed by atoms with van der Waals surface area (Å²) in [7, 11) is 0. The minimum atomic E-state index is -0.540. The number of benzene rings is 1. The van der Waals surface area contributed by atoms with Gasteiger partial charge in [0.05, 0.1) is 22.8 Å². The largest absolute Gasteiger partial charge is 0.409 e. The van der Waals surface area contributed by atoms with Crippen LogP contribution in [-0.4, -0.2) is 20.8 Å². The summed E-state index contributed by atoms with van der Waals surface area (Å²) in [6.45, 7) is 1.98. The van der Waals surface area contributed by atoms with Gasteiger partial charge in [0, 0.05) is 11.8 Å². The van der Waals surface area contributed by atoms with Gasteiger partial charge >= 0.3 is 0 Å². The Kier molecular flexibility index (Phi) is 3.71. The van der Waals surface area contributed by atoms with E-state index in [1.54, 1.807) is 25.3 Å². The first-order chi connectivity index (χ1) is 9.02. The third-order valence-corrected chi connectivity index (χ3v) is 3.05. The fourth-order valence-corrected chi connectivity index (χ4v) is 1.85. The Morgan fingerprint density at radius 3 is 2.89 bits per heavy atom. The minimum absolute atomic E-state index is 0.0509. The number of hydrogen-bond acceptors (Lipinski definition) is 3. The number of oxime groups is 1. The van der Waals surface area contributed by atoms with Crippen molar-refractivity contribution in [1.29, 1.82) is 0 Å². The predicted octanol–water partition coefficient (Wildman–Crippen LogP) is 2.13. The number of nitrogens with two attached hydrogens (primary N) is 1. The van der Waals surface area contributed by atoms with Crippen molar-refractivity contribution in [2.24, 2.45) is 10.9 Å². The highest BCUT2D eigenvalue weighted by Crippen LogP contribution is 2.17. The highest BCUT2D eigenvalue weighted by molar-refractivity contribution is 6.31. The van der Waals surface area contributed by atoms with Gasteiger partial charge in [0.15, 0.2) is 5.84 Å². The van der Waals surface area contributed by atoms with E-state index in [1.165, 1.54) is 10.7 Å². The summed E-state index contributed by atoms with van der Waals surface area (Å²) in [5.74, 6) is -0.809. The van der Waals surface area contributed by atoms with Gasteiger partial charge in [0.2, 0.25) is 0 Å². The maximum Gasteiger partial charge on any atom is 0.173 e. The summed E-state index contributed by atoms with van der Waals surface area (Å²) in [6.07, 6.45) is 1.62. The summed E-state index contributed by atoms with van der Waals surface area (Å²) in [4.78, 5) is 0. The molecule has 2 rings (SSSR count). The van der Waals surface area contributed by atoms with E-state index in [9.17, 15) is 4.39 Å². The molecule has 0 bridgehead atoms. The highest BCUT2D eigenvalue weighted by atomic mass is 35.5. The van der Waals surface area contributed by atoms with Crippen molar-refractivity contribution in [2.45, 2.75) is 13.5 Å². The Morgan fingerprint density at radius 1 is 1.58 bits per heavy atom. The Hall–Kier alpha value is -2.08. The quantitative estimate of drug-likeness (QED) is 0.392. The molecule has 0 amide bonds. The topological polar surface area (TPSA) is 76.4 Å². The van der Waals surface area contributed by atoms with Crippen molar-refractivity contribution in [2.75, 3.05) is 0 Å². The number of amidine groups is 1. The van der Waals surface area contributed by atoms with Gasteiger partial charge < -0.3 is 10.9 Å². The van der Waals surface area contributed by atoms with Gasteiger partial charge in [-0.25, -0.2) is 4.39 Å². The van der Waals surface area contributed by atoms with Gasteiger partial charge in [0.1, 0.15) is 5.82 Å². The monoisotopic (exact) mass is 282 g/mol. The van der Waals surface area contributed by atoms with Crippen LogP contribution in [0.15, 0.2) is 29.6 Å². The van der Waals surface area contributed by atoms with Crippen molar-refractivity contribution in [3.63, 3.8) is 0 Å². The second kappa shape index (κ2) is 5.27. The molecule has 100 valence electrons. The standard InChI is InChI=1S/C12H12ClFN4O/c1-7-10(13)6-18(16-7)5-8-3-2-4-9(11(8)14)12(15)17-19/h2-4,6,19H,5H2,1H3,(H2,15,17). The number of aryl methyl sites for hydroxylation is 1. The average Bonchev–Trinajstić information content (AvgIpc) is 2.70. The molecule has 1 aromatic carbocycles. The lowest BCUT2D eigenvalue weighted by Crippen LogP contribution is -2.16. The summed E-state index contributed by atoms with van der Waals surface area (Å²) in [6, 6.07) is 4.67. The molecule has 0 saturated heterocycles. The molecular formula is C12H12ClFN4O. The maximum atomic E-state index is 14.2. The molecule has 5 nitrogen and oxygen atoms in total. The second-order valence-corrected chi connectivity index (χ2v) is 4.43. The van der Waals surface area contributed by atoms with Crippen LogP contribution in [0.3, 0.4) is 0 Å². The molecule has 0 saturated carbocycles. The van der Waals surface area contributed by atoms with Crippen LogP contribution >= 0.6 is 11.6 Å². The van der Waals surface area contributed by atoms with E-state index < -0.39 is 5.82 Å². The Labute approximate surface area is 114 Å². The summed E-state index contributed by atoms with van der Waals surface area (Å²) in [5, 5.41) is 16.1. The zero-order valence-electron chi connectivity index (χ0n) is 10.1. The number of halogens is 2. The normalized spacial score (nSPS) is 11.8. The van der Waals surface area contributed by atoms with E-state index in [2.05, 4.69) is 10.3 Å². The van der Waals surface area contributed by atoms with E-state index in [-0.39, 0.29) is 17.9 Å². The third-order valence-electron chi connectivity index (χ3n) is 2.68. The lowest BCUT2D eigenvalue weighted by Gasteiger charge is -2.07. The minimum Gasteiger partial charge on any atom is -0.409 e. The Morgan fingerprint density at radius 2 is 2.32 bits per heavy atom. The first-order valence-electron chi connectivity index (χ1n) is 5.47. The number of nitrogens with zero attached hydrogens (tertiary/aromatic N) is 3. The van der Waals surface area contributed by atoms with Crippen molar-refractivity contribution in [1.82, 2.24) is 9.78 Å². The van der Waals surface area contributed by atoms with E-state index in [4.69, 9.17) is 22.5 Å². The van der Waals surface area contributed by atoms with Crippen LogP contribution < -0.4 is 5.73 Å². The van der Waals surface area contributed by atoms with Crippen LogP contribution in [0.2, 0.25) is 5.02 Å². The van der Waals surface area contributed by atoms with E-state index in [0.29, 0.717) is 16.3 Å². The van der Waals surface area contributed by atoms with Crippen LogP contribution in [-0.2, 0) is 6.54 Å². The predicted molar refractivity (Wildman–Crippen MR) is 70.0 cm³/mol. The first kappa shape index (κ1) is 13.4. The fraction of sp³-hybridized carbons (Fsp3) is 0.167. The lowest BCUT2D eigenvalue weighted by atomic mass is 10.1. The molecule has 2 aromatic rings. The first-order valence-corrected chi connectivity index (χ1v) is 5.85. The SMILES string of the molecule is Cc1nn(Cc2cccc(/C(N)=N/O)c2F)cc1Cl. The second-order valence-electron chi connectivity index (χ2n) is 4.02. The smallest absolute Gasteiger partial charge is 0.173 e. The van der Waals surface area contributed by atoms with Gasteiger partial charge in [-0.05, 0) is 13.0 Å². The molecule has 3 N–H and O–H groups in total. The molecular weight excluding hydrogens is 271 g/mol. The van der Waals surface area contributed by atoms with Crippen LogP contribution in [0.1, 0.15) is 16.8 Å². The molecule has 0 unspecified atom stereocenters. The van der Waals surface area contributed by atoms with E-state index in [0.717, 1.165) is 0 Å². The number of rotatable bonds is 3. The zero-order chi connectivity index (χ0) is 14.0. The summed E-state index contributed by atoms with van der Waals surface area (Å²) in [5.41, 5.74) is 6.51. The maximum absolute atomic E-state index is 14.2. The summed E-state index contributed by atoms with van der Waals surface area (Å²) >= 11 is 5.89. The molecule has 0 spiro atoms.